The third kappa shape index (κ3) is 4.01. The van der Waals surface area contributed by atoms with Crippen LogP contribution in [0.5, 0.6) is 11.5 Å². The fourth-order valence-corrected chi connectivity index (χ4v) is 2.58. The number of allylic oxidation sites excluding steroid dienone is 1. The van der Waals surface area contributed by atoms with Crippen LogP contribution in [0.2, 0.25) is 0 Å². The number of benzene rings is 3. The molecule has 3 aromatic carbocycles. The van der Waals surface area contributed by atoms with E-state index in [0.29, 0.717) is 0 Å². The van der Waals surface area contributed by atoms with Crippen LogP contribution in [0.25, 0.3) is 11.6 Å². The highest BCUT2D eigenvalue weighted by atomic mass is 16.3. The summed E-state index contributed by atoms with van der Waals surface area (Å²) >= 11 is 0. The average Bonchev–Trinajstić information content (AvgIpc) is 2.55. The van der Waals surface area contributed by atoms with Gasteiger partial charge in [0, 0.05) is 6.07 Å². The van der Waals surface area contributed by atoms with Crippen molar-refractivity contribution in [3.05, 3.63) is 95.6 Å². The van der Waals surface area contributed by atoms with Gasteiger partial charge < -0.3 is 10.2 Å². The zero-order valence-corrected chi connectivity index (χ0v) is 12.7. The van der Waals surface area contributed by atoms with E-state index in [2.05, 4.69) is 18.2 Å². The lowest BCUT2D eigenvalue weighted by Gasteiger charge is -2.10. The molecule has 0 atom stereocenters. The van der Waals surface area contributed by atoms with E-state index in [-0.39, 0.29) is 11.5 Å². The molecule has 0 saturated heterocycles. The van der Waals surface area contributed by atoms with Gasteiger partial charge in [0.15, 0.2) is 0 Å². The summed E-state index contributed by atoms with van der Waals surface area (Å²) in [6, 6.07) is 24.9. The molecule has 0 saturated carbocycles. The SMILES string of the molecule is Oc1cc(O)cc(C(=Cc2ccccc2)Cc2ccccc2)c1. The Morgan fingerprint density at radius 1 is 0.739 bits per heavy atom. The van der Waals surface area contributed by atoms with E-state index in [9.17, 15) is 10.2 Å². The molecule has 3 aromatic rings. The maximum Gasteiger partial charge on any atom is 0.119 e. The van der Waals surface area contributed by atoms with Gasteiger partial charge in [-0.25, -0.2) is 0 Å². The van der Waals surface area contributed by atoms with Gasteiger partial charge in [-0.15, -0.1) is 0 Å². The molecule has 0 aromatic heterocycles. The van der Waals surface area contributed by atoms with E-state index in [1.807, 2.05) is 48.5 Å². The second-order valence-corrected chi connectivity index (χ2v) is 5.48. The summed E-state index contributed by atoms with van der Waals surface area (Å²) in [6.07, 6.45) is 2.81. The van der Waals surface area contributed by atoms with Gasteiger partial charge in [0.1, 0.15) is 11.5 Å². The molecule has 2 nitrogen and oxygen atoms in total. The molecule has 0 radical (unpaired) electrons. The Hall–Kier alpha value is -3.00. The minimum Gasteiger partial charge on any atom is -0.508 e. The summed E-state index contributed by atoms with van der Waals surface area (Å²) in [7, 11) is 0. The Kier molecular flexibility index (Phi) is 4.44. The van der Waals surface area contributed by atoms with Gasteiger partial charge in [0.2, 0.25) is 0 Å². The van der Waals surface area contributed by atoms with Gasteiger partial charge >= 0.3 is 0 Å². The summed E-state index contributed by atoms with van der Waals surface area (Å²) in [5.41, 5.74) is 4.11. The van der Waals surface area contributed by atoms with E-state index in [0.717, 1.165) is 23.1 Å². The molecule has 0 amide bonds. The molecule has 0 aliphatic rings. The summed E-state index contributed by atoms with van der Waals surface area (Å²) in [6.45, 7) is 0. The van der Waals surface area contributed by atoms with Crippen molar-refractivity contribution >= 4 is 11.6 Å². The van der Waals surface area contributed by atoms with Gasteiger partial charge in [-0.2, -0.15) is 0 Å². The van der Waals surface area contributed by atoms with Gasteiger partial charge in [-0.05, 0) is 40.8 Å². The van der Waals surface area contributed by atoms with Crippen LogP contribution in [0.1, 0.15) is 16.7 Å². The third-order valence-electron chi connectivity index (χ3n) is 3.65. The third-order valence-corrected chi connectivity index (χ3v) is 3.65. The Morgan fingerprint density at radius 3 is 1.91 bits per heavy atom. The number of rotatable bonds is 4. The molecule has 0 fully saturated rings. The second-order valence-electron chi connectivity index (χ2n) is 5.48. The number of hydrogen-bond acceptors (Lipinski definition) is 2. The first kappa shape index (κ1) is 14.9. The van der Waals surface area contributed by atoms with Gasteiger partial charge in [-0.1, -0.05) is 66.7 Å². The number of hydrogen-bond donors (Lipinski definition) is 2. The second kappa shape index (κ2) is 6.84. The van der Waals surface area contributed by atoms with Crippen LogP contribution in [-0.2, 0) is 6.42 Å². The smallest absolute Gasteiger partial charge is 0.119 e. The molecule has 0 heterocycles. The van der Waals surface area contributed by atoms with Crippen molar-refractivity contribution in [2.45, 2.75) is 6.42 Å². The predicted molar refractivity (Wildman–Crippen MR) is 94.2 cm³/mol. The molecule has 0 spiro atoms. The monoisotopic (exact) mass is 302 g/mol. The largest absolute Gasteiger partial charge is 0.508 e. The molecular formula is C21H18O2. The van der Waals surface area contributed by atoms with Crippen LogP contribution >= 0.6 is 0 Å². The first-order chi connectivity index (χ1) is 11.2. The maximum atomic E-state index is 9.79. The van der Waals surface area contributed by atoms with Crippen LogP contribution in [-0.4, -0.2) is 10.2 Å². The molecule has 114 valence electrons. The summed E-state index contributed by atoms with van der Waals surface area (Å²) in [4.78, 5) is 0. The van der Waals surface area contributed by atoms with Crippen molar-refractivity contribution in [1.82, 2.24) is 0 Å². The van der Waals surface area contributed by atoms with Crippen LogP contribution < -0.4 is 0 Å². The number of aromatic hydroxyl groups is 2. The average molecular weight is 302 g/mol. The van der Waals surface area contributed by atoms with Crippen molar-refractivity contribution < 1.29 is 10.2 Å². The van der Waals surface area contributed by atoms with Crippen LogP contribution in [0.4, 0.5) is 0 Å². The molecule has 2 N–H and O–H groups in total. The molecular weight excluding hydrogens is 284 g/mol. The fourth-order valence-electron chi connectivity index (χ4n) is 2.58. The quantitative estimate of drug-likeness (QED) is 0.674. The summed E-state index contributed by atoms with van der Waals surface area (Å²) in [5.74, 6) is 0.124. The Morgan fingerprint density at radius 2 is 1.30 bits per heavy atom. The highest BCUT2D eigenvalue weighted by molar-refractivity contribution is 5.83. The van der Waals surface area contributed by atoms with E-state index in [4.69, 9.17) is 0 Å². The highest BCUT2D eigenvalue weighted by Crippen LogP contribution is 2.29. The van der Waals surface area contributed by atoms with Crippen molar-refractivity contribution in [2.75, 3.05) is 0 Å². The highest BCUT2D eigenvalue weighted by Gasteiger charge is 2.07. The number of phenolic OH excluding ortho intramolecular Hbond substituents is 2. The lowest BCUT2D eigenvalue weighted by Crippen LogP contribution is -1.91. The van der Waals surface area contributed by atoms with Crippen molar-refractivity contribution in [1.29, 1.82) is 0 Å². The zero-order valence-electron chi connectivity index (χ0n) is 12.7. The standard InChI is InChI=1S/C21H18O2/c22-20-13-19(14-21(23)15-20)18(11-16-7-3-1-4-8-16)12-17-9-5-2-6-10-17/h1-11,13-15,22-23H,12H2. The molecule has 0 bridgehead atoms. The first-order valence-corrected chi connectivity index (χ1v) is 7.54. The van der Waals surface area contributed by atoms with Crippen LogP contribution in [0.15, 0.2) is 78.9 Å². The van der Waals surface area contributed by atoms with Crippen molar-refractivity contribution in [2.24, 2.45) is 0 Å². The molecule has 0 aliphatic carbocycles. The first-order valence-electron chi connectivity index (χ1n) is 7.54. The van der Waals surface area contributed by atoms with Gasteiger partial charge in [0.25, 0.3) is 0 Å². The van der Waals surface area contributed by atoms with E-state index < -0.39 is 0 Å². The summed E-state index contributed by atoms with van der Waals surface area (Å²) < 4.78 is 0. The van der Waals surface area contributed by atoms with Crippen LogP contribution in [0.3, 0.4) is 0 Å². The Bertz CT molecular complexity index is 786. The molecule has 3 rings (SSSR count). The predicted octanol–water partition coefficient (Wildman–Crippen LogP) is 4.88. The zero-order chi connectivity index (χ0) is 16.1. The van der Waals surface area contributed by atoms with E-state index >= 15 is 0 Å². The van der Waals surface area contributed by atoms with Crippen molar-refractivity contribution in [3.63, 3.8) is 0 Å². The number of phenols is 2. The van der Waals surface area contributed by atoms with Crippen LogP contribution in [0, 0.1) is 0 Å². The molecule has 0 aliphatic heterocycles. The van der Waals surface area contributed by atoms with E-state index in [1.165, 1.54) is 11.6 Å². The summed E-state index contributed by atoms with van der Waals surface area (Å²) in [5, 5.41) is 19.6. The molecule has 2 heteroatoms. The minimum atomic E-state index is 0.0621. The minimum absolute atomic E-state index is 0.0621. The normalized spacial score (nSPS) is 11.4. The maximum absolute atomic E-state index is 9.79. The fraction of sp³-hybridized carbons (Fsp3) is 0.0476. The molecule has 23 heavy (non-hydrogen) atoms. The Labute approximate surface area is 136 Å². The topological polar surface area (TPSA) is 40.5 Å². The lowest BCUT2D eigenvalue weighted by molar-refractivity contribution is 0.450. The van der Waals surface area contributed by atoms with Gasteiger partial charge in [-0.3, -0.25) is 0 Å². The Balaban J connectivity index is 2.04. The molecule has 0 unspecified atom stereocenters. The van der Waals surface area contributed by atoms with Gasteiger partial charge in [0.05, 0.1) is 0 Å². The van der Waals surface area contributed by atoms with Crippen molar-refractivity contribution in [3.8, 4) is 11.5 Å². The lowest BCUT2D eigenvalue weighted by atomic mass is 9.95. The van der Waals surface area contributed by atoms with E-state index in [1.54, 1.807) is 12.1 Å².